The molecule has 0 aliphatic rings. The van der Waals surface area contributed by atoms with E-state index in [-0.39, 0.29) is 19.7 Å². The van der Waals surface area contributed by atoms with Crippen molar-refractivity contribution < 1.29 is 14.6 Å². The number of hydrogen-bond acceptors (Lipinski definition) is 4. The molecule has 0 heterocycles. The molecule has 4 N–H and O–H groups in total. The lowest BCUT2D eigenvalue weighted by molar-refractivity contribution is -0.117. The second-order valence-corrected chi connectivity index (χ2v) is 4.43. The van der Waals surface area contributed by atoms with Crippen LogP contribution in [0.15, 0.2) is 18.2 Å². The molecular formula is C11H14Cl2N2O3. The first-order valence-electron chi connectivity index (χ1n) is 5.24. The SMILES string of the molecule is NC(=O)CNCC(O)COc1c(Cl)cccc1Cl. The van der Waals surface area contributed by atoms with Crippen LogP contribution in [0.1, 0.15) is 0 Å². The predicted octanol–water partition coefficient (Wildman–Crippen LogP) is 0.808. The Morgan fingerprint density at radius 1 is 1.44 bits per heavy atom. The summed E-state index contributed by atoms with van der Waals surface area (Å²) in [6.07, 6.45) is -0.795. The first kappa shape index (κ1) is 15.0. The maximum atomic E-state index is 10.5. The van der Waals surface area contributed by atoms with E-state index in [4.69, 9.17) is 33.7 Å². The normalized spacial score (nSPS) is 12.2. The van der Waals surface area contributed by atoms with Crippen LogP contribution in [-0.2, 0) is 4.79 Å². The molecule has 7 heteroatoms. The third kappa shape index (κ3) is 5.10. The number of ether oxygens (including phenoxy) is 1. The molecule has 0 saturated heterocycles. The Balaban J connectivity index is 2.38. The Morgan fingerprint density at radius 2 is 2.06 bits per heavy atom. The van der Waals surface area contributed by atoms with Gasteiger partial charge in [-0.1, -0.05) is 29.3 Å². The van der Waals surface area contributed by atoms with E-state index in [0.717, 1.165) is 0 Å². The van der Waals surface area contributed by atoms with Gasteiger partial charge < -0.3 is 20.9 Å². The largest absolute Gasteiger partial charge is 0.488 e. The number of benzene rings is 1. The van der Waals surface area contributed by atoms with Gasteiger partial charge in [0.1, 0.15) is 12.7 Å². The summed E-state index contributed by atoms with van der Waals surface area (Å²) in [5.41, 5.74) is 4.93. The van der Waals surface area contributed by atoms with Crippen molar-refractivity contribution in [3.05, 3.63) is 28.2 Å². The van der Waals surface area contributed by atoms with Gasteiger partial charge in [-0.2, -0.15) is 0 Å². The van der Waals surface area contributed by atoms with Crippen molar-refractivity contribution in [1.29, 1.82) is 0 Å². The second-order valence-electron chi connectivity index (χ2n) is 3.61. The van der Waals surface area contributed by atoms with Crippen LogP contribution >= 0.6 is 23.2 Å². The smallest absolute Gasteiger partial charge is 0.231 e. The minimum atomic E-state index is -0.795. The molecule has 1 amide bonds. The number of hydrogen-bond donors (Lipinski definition) is 3. The molecule has 1 aromatic carbocycles. The molecule has 0 bridgehead atoms. The van der Waals surface area contributed by atoms with E-state index in [0.29, 0.717) is 15.8 Å². The highest BCUT2D eigenvalue weighted by atomic mass is 35.5. The number of carbonyl (C=O) groups is 1. The third-order valence-electron chi connectivity index (χ3n) is 2.02. The summed E-state index contributed by atoms with van der Waals surface area (Å²) >= 11 is 11.8. The Labute approximate surface area is 115 Å². The lowest BCUT2D eigenvalue weighted by Gasteiger charge is -2.14. The van der Waals surface area contributed by atoms with Crippen LogP contribution in [0.2, 0.25) is 10.0 Å². The Kier molecular flexibility index (Phi) is 6.21. The van der Waals surface area contributed by atoms with Crippen molar-refractivity contribution in [2.75, 3.05) is 19.7 Å². The minimum absolute atomic E-state index is 0.00388. The highest BCUT2D eigenvalue weighted by molar-refractivity contribution is 6.37. The van der Waals surface area contributed by atoms with Gasteiger partial charge in [-0.05, 0) is 12.1 Å². The molecule has 0 saturated carbocycles. The molecule has 1 rings (SSSR count). The molecule has 0 aliphatic carbocycles. The quantitative estimate of drug-likeness (QED) is 0.694. The first-order chi connectivity index (χ1) is 8.50. The van der Waals surface area contributed by atoms with Gasteiger partial charge in [0, 0.05) is 6.54 Å². The fraction of sp³-hybridized carbons (Fsp3) is 0.364. The van der Waals surface area contributed by atoms with E-state index in [2.05, 4.69) is 5.32 Å². The summed E-state index contributed by atoms with van der Waals surface area (Å²) in [6.45, 7) is 0.199. The molecule has 1 atom stereocenters. The minimum Gasteiger partial charge on any atom is -0.488 e. The van der Waals surface area contributed by atoms with E-state index < -0.39 is 12.0 Å². The van der Waals surface area contributed by atoms with Crippen LogP contribution in [-0.4, -0.2) is 36.8 Å². The van der Waals surface area contributed by atoms with Crippen LogP contribution in [0.5, 0.6) is 5.75 Å². The highest BCUT2D eigenvalue weighted by Crippen LogP contribution is 2.32. The van der Waals surface area contributed by atoms with Crippen LogP contribution in [0.25, 0.3) is 0 Å². The molecule has 5 nitrogen and oxygen atoms in total. The Hall–Kier alpha value is -1.01. The fourth-order valence-electron chi connectivity index (χ4n) is 1.22. The van der Waals surface area contributed by atoms with Crippen molar-refractivity contribution in [2.45, 2.75) is 6.10 Å². The lowest BCUT2D eigenvalue weighted by Crippen LogP contribution is -2.36. The van der Waals surface area contributed by atoms with Crippen LogP contribution < -0.4 is 15.8 Å². The van der Waals surface area contributed by atoms with Crippen LogP contribution in [0, 0.1) is 0 Å². The zero-order valence-electron chi connectivity index (χ0n) is 9.53. The maximum absolute atomic E-state index is 10.5. The standard InChI is InChI=1S/C11H14Cl2N2O3/c12-8-2-1-3-9(13)11(8)18-6-7(16)4-15-5-10(14)17/h1-3,7,15-16H,4-6H2,(H2,14,17). The number of carbonyl (C=O) groups excluding carboxylic acids is 1. The molecule has 0 aliphatic heterocycles. The summed E-state index contributed by atoms with van der Waals surface area (Å²) in [5.74, 6) is -0.160. The van der Waals surface area contributed by atoms with E-state index >= 15 is 0 Å². The number of para-hydroxylation sites is 1. The number of aliphatic hydroxyl groups is 1. The number of nitrogens with two attached hydrogens (primary N) is 1. The molecular weight excluding hydrogens is 279 g/mol. The number of halogens is 2. The predicted molar refractivity (Wildman–Crippen MR) is 70.0 cm³/mol. The average molecular weight is 293 g/mol. The van der Waals surface area contributed by atoms with E-state index in [1.807, 2.05) is 0 Å². The number of rotatable bonds is 7. The molecule has 18 heavy (non-hydrogen) atoms. The number of amides is 1. The van der Waals surface area contributed by atoms with Gasteiger partial charge in [0.05, 0.1) is 16.6 Å². The molecule has 0 fully saturated rings. The zero-order valence-corrected chi connectivity index (χ0v) is 11.0. The summed E-state index contributed by atoms with van der Waals surface area (Å²) in [7, 11) is 0. The molecule has 100 valence electrons. The van der Waals surface area contributed by atoms with Gasteiger partial charge in [-0.3, -0.25) is 4.79 Å². The summed E-state index contributed by atoms with van der Waals surface area (Å²) in [6, 6.07) is 4.98. The monoisotopic (exact) mass is 292 g/mol. The van der Waals surface area contributed by atoms with Gasteiger partial charge >= 0.3 is 0 Å². The third-order valence-corrected chi connectivity index (χ3v) is 2.61. The van der Waals surface area contributed by atoms with Gasteiger partial charge in [0.25, 0.3) is 0 Å². The van der Waals surface area contributed by atoms with Crippen LogP contribution in [0.3, 0.4) is 0 Å². The summed E-state index contributed by atoms with van der Waals surface area (Å²) < 4.78 is 5.32. The van der Waals surface area contributed by atoms with Crippen molar-refractivity contribution in [2.24, 2.45) is 5.73 Å². The molecule has 0 aromatic heterocycles. The van der Waals surface area contributed by atoms with Gasteiger partial charge in [-0.15, -0.1) is 0 Å². The summed E-state index contributed by atoms with van der Waals surface area (Å²) in [4.78, 5) is 10.5. The van der Waals surface area contributed by atoms with E-state index in [9.17, 15) is 9.90 Å². The van der Waals surface area contributed by atoms with E-state index in [1.54, 1.807) is 18.2 Å². The molecule has 0 radical (unpaired) electrons. The average Bonchev–Trinajstić information content (AvgIpc) is 2.27. The van der Waals surface area contributed by atoms with Crippen molar-refractivity contribution in [3.63, 3.8) is 0 Å². The molecule has 1 aromatic rings. The Morgan fingerprint density at radius 3 is 2.61 bits per heavy atom. The summed E-state index contributed by atoms with van der Waals surface area (Å²) in [5, 5.41) is 13.0. The fourth-order valence-corrected chi connectivity index (χ4v) is 1.73. The van der Waals surface area contributed by atoms with Crippen molar-refractivity contribution >= 4 is 29.1 Å². The number of aliphatic hydroxyl groups excluding tert-OH is 1. The van der Waals surface area contributed by atoms with Crippen molar-refractivity contribution in [1.82, 2.24) is 5.32 Å². The number of nitrogens with one attached hydrogen (secondary N) is 1. The lowest BCUT2D eigenvalue weighted by atomic mass is 10.3. The molecule has 1 unspecified atom stereocenters. The zero-order chi connectivity index (χ0) is 13.5. The van der Waals surface area contributed by atoms with Gasteiger partial charge in [-0.25, -0.2) is 0 Å². The second kappa shape index (κ2) is 7.43. The number of primary amides is 1. The highest BCUT2D eigenvalue weighted by Gasteiger charge is 2.10. The topological polar surface area (TPSA) is 84.6 Å². The first-order valence-corrected chi connectivity index (χ1v) is 6.00. The maximum Gasteiger partial charge on any atom is 0.231 e. The van der Waals surface area contributed by atoms with Crippen molar-refractivity contribution in [3.8, 4) is 5.75 Å². The molecule has 0 spiro atoms. The Bertz CT molecular complexity index is 395. The van der Waals surface area contributed by atoms with Gasteiger partial charge in [0.15, 0.2) is 5.75 Å². The van der Waals surface area contributed by atoms with E-state index in [1.165, 1.54) is 0 Å². The van der Waals surface area contributed by atoms with Gasteiger partial charge in [0.2, 0.25) is 5.91 Å². The van der Waals surface area contributed by atoms with Crippen LogP contribution in [0.4, 0.5) is 0 Å².